The van der Waals surface area contributed by atoms with Gasteiger partial charge in [-0.25, -0.2) is 0 Å². The van der Waals surface area contributed by atoms with Crippen LogP contribution < -0.4 is 0 Å². The molecule has 0 aromatic heterocycles. The lowest BCUT2D eigenvalue weighted by Crippen LogP contribution is -2.02. The highest BCUT2D eigenvalue weighted by Gasteiger charge is 1.98. The second-order valence-corrected chi connectivity index (χ2v) is 4.41. The van der Waals surface area contributed by atoms with E-state index in [0.717, 1.165) is 12.5 Å². The molecule has 0 radical (unpaired) electrons. The van der Waals surface area contributed by atoms with Crippen molar-refractivity contribution < 1.29 is 4.74 Å². The molecule has 0 bridgehead atoms. The topological polar surface area (TPSA) is 9.23 Å². The fraction of sp³-hybridized carbons (Fsp3) is 1.00. The van der Waals surface area contributed by atoms with Crippen molar-refractivity contribution >= 4 is 15.9 Å². The Balaban J connectivity index is -0.000000213. The molecule has 0 heterocycles. The maximum Gasteiger partial charge on any atom is 0.0487 e. The summed E-state index contributed by atoms with van der Waals surface area (Å²) in [4.78, 5) is 0. The highest BCUT2D eigenvalue weighted by molar-refractivity contribution is 9.08. The van der Waals surface area contributed by atoms with Crippen LogP contribution in [0.1, 0.15) is 72.6 Å². The number of methoxy groups -OCH3 is 1. The smallest absolute Gasteiger partial charge is 0.0487 e. The van der Waals surface area contributed by atoms with Crippen LogP contribution in [0.4, 0.5) is 0 Å². The number of unbranched alkanes of at least 4 members (excludes halogenated alkanes) is 4. The van der Waals surface area contributed by atoms with Crippen molar-refractivity contribution in [3.05, 3.63) is 0 Å². The van der Waals surface area contributed by atoms with Gasteiger partial charge in [-0.05, 0) is 18.2 Å². The lowest BCUT2D eigenvalue weighted by atomic mass is 10.1. The number of ether oxygens (including phenoxy) is 1. The zero-order valence-corrected chi connectivity index (χ0v) is 14.6. The molecule has 0 saturated heterocycles. The maximum absolute atomic E-state index is 5.00. The van der Waals surface area contributed by atoms with Gasteiger partial charge >= 0.3 is 0 Å². The SMILES string of the molecule is CBr.CCCCC(C)COC.CCCCCC. The van der Waals surface area contributed by atoms with E-state index in [0.29, 0.717) is 0 Å². The van der Waals surface area contributed by atoms with Crippen LogP contribution in [-0.4, -0.2) is 19.5 Å². The highest BCUT2D eigenvalue weighted by Crippen LogP contribution is 2.06. The summed E-state index contributed by atoms with van der Waals surface area (Å²) in [5.41, 5.74) is 0. The summed E-state index contributed by atoms with van der Waals surface area (Å²) < 4.78 is 5.00. The van der Waals surface area contributed by atoms with E-state index in [2.05, 4.69) is 43.6 Å². The average molecular weight is 311 g/mol. The molecule has 0 rings (SSSR count). The molecule has 1 unspecified atom stereocenters. The van der Waals surface area contributed by atoms with Crippen molar-refractivity contribution in [2.24, 2.45) is 5.92 Å². The molecule has 1 atom stereocenters. The average Bonchev–Trinajstić information content (AvgIpc) is 2.37. The molecule has 1 nitrogen and oxygen atoms in total. The molecule has 0 aliphatic heterocycles. The van der Waals surface area contributed by atoms with Crippen LogP contribution in [0.5, 0.6) is 0 Å². The third kappa shape index (κ3) is 31.5. The molecule has 0 N–H and O–H groups in total. The number of hydrogen-bond acceptors (Lipinski definition) is 1. The quantitative estimate of drug-likeness (QED) is 0.391. The van der Waals surface area contributed by atoms with Crippen LogP contribution in [0.15, 0.2) is 0 Å². The van der Waals surface area contributed by atoms with Gasteiger partial charge in [0.05, 0.1) is 0 Å². The Labute approximate surface area is 119 Å². The molecule has 0 aromatic carbocycles. The molecular formula is C15H35BrO. The summed E-state index contributed by atoms with van der Waals surface area (Å²) in [6.45, 7) is 9.84. The van der Waals surface area contributed by atoms with Gasteiger partial charge in [-0.3, -0.25) is 0 Å². The molecule has 0 spiro atoms. The summed E-state index contributed by atoms with van der Waals surface area (Å²) >= 11 is 2.94. The van der Waals surface area contributed by atoms with Crippen molar-refractivity contribution in [2.75, 3.05) is 19.5 Å². The van der Waals surface area contributed by atoms with Gasteiger partial charge in [0.1, 0.15) is 0 Å². The van der Waals surface area contributed by atoms with Crippen LogP contribution in [0.25, 0.3) is 0 Å². The van der Waals surface area contributed by atoms with Gasteiger partial charge in [-0.2, -0.15) is 0 Å². The van der Waals surface area contributed by atoms with Crippen molar-refractivity contribution in [2.45, 2.75) is 72.6 Å². The molecule has 0 fully saturated rings. The molecule has 0 aliphatic carbocycles. The van der Waals surface area contributed by atoms with E-state index in [9.17, 15) is 0 Å². The zero-order chi connectivity index (χ0) is 13.9. The zero-order valence-electron chi connectivity index (χ0n) is 13.0. The molecular weight excluding hydrogens is 276 g/mol. The van der Waals surface area contributed by atoms with Gasteiger partial charge in [-0.1, -0.05) is 82.1 Å². The number of halogens is 1. The summed E-state index contributed by atoms with van der Waals surface area (Å²) in [6.07, 6.45) is 9.48. The first-order valence-corrected chi connectivity index (χ1v) is 8.68. The van der Waals surface area contributed by atoms with Crippen LogP contribution in [0, 0.1) is 5.92 Å². The number of alkyl halides is 1. The van der Waals surface area contributed by atoms with E-state index < -0.39 is 0 Å². The van der Waals surface area contributed by atoms with E-state index in [1.165, 1.54) is 44.9 Å². The number of rotatable bonds is 8. The van der Waals surface area contributed by atoms with E-state index >= 15 is 0 Å². The molecule has 0 aliphatic rings. The summed E-state index contributed by atoms with van der Waals surface area (Å²) in [5.74, 6) is 2.56. The fourth-order valence-electron chi connectivity index (χ4n) is 1.42. The summed E-state index contributed by atoms with van der Waals surface area (Å²) in [6, 6.07) is 0. The Kier molecular flexibility index (Phi) is 33.7. The third-order valence-corrected chi connectivity index (χ3v) is 2.46. The minimum atomic E-state index is 0.745. The van der Waals surface area contributed by atoms with E-state index in [1.54, 1.807) is 7.11 Å². The van der Waals surface area contributed by atoms with E-state index in [-0.39, 0.29) is 0 Å². The molecule has 0 saturated carbocycles. The van der Waals surface area contributed by atoms with Crippen molar-refractivity contribution in [3.8, 4) is 0 Å². The van der Waals surface area contributed by atoms with Crippen molar-refractivity contribution in [3.63, 3.8) is 0 Å². The Morgan fingerprint density at radius 1 is 0.882 bits per heavy atom. The molecule has 2 heteroatoms. The highest BCUT2D eigenvalue weighted by atomic mass is 79.9. The second kappa shape index (κ2) is 25.3. The van der Waals surface area contributed by atoms with Gasteiger partial charge in [-0.15, -0.1) is 0 Å². The minimum absolute atomic E-state index is 0.745. The van der Waals surface area contributed by atoms with Crippen LogP contribution in [0.2, 0.25) is 0 Å². The molecule has 0 aromatic rings. The largest absolute Gasteiger partial charge is 0.384 e. The van der Waals surface area contributed by atoms with Crippen LogP contribution in [-0.2, 0) is 4.74 Å². The fourth-order valence-corrected chi connectivity index (χ4v) is 1.42. The first-order chi connectivity index (χ1) is 8.22. The number of hydrogen-bond donors (Lipinski definition) is 0. The van der Waals surface area contributed by atoms with Gasteiger partial charge in [0.2, 0.25) is 0 Å². The Morgan fingerprint density at radius 3 is 1.59 bits per heavy atom. The Bertz CT molecular complexity index is 92.9. The first-order valence-electron chi connectivity index (χ1n) is 7.09. The lowest BCUT2D eigenvalue weighted by molar-refractivity contribution is 0.154. The van der Waals surface area contributed by atoms with Crippen LogP contribution in [0.3, 0.4) is 0 Å². The summed E-state index contributed by atoms with van der Waals surface area (Å²) in [5, 5.41) is 0. The monoisotopic (exact) mass is 310 g/mol. The van der Waals surface area contributed by atoms with Gasteiger partial charge < -0.3 is 4.74 Å². The van der Waals surface area contributed by atoms with E-state index in [4.69, 9.17) is 4.74 Å². The Hall–Kier alpha value is 0.440. The van der Waals surface area contributed by atoms with E-state index in [1.807, 2.05) is 5.83 Å². The lowest BCUT2D eigenvalue weighted by Gasteiger charge is -2.07. The maximum atomic E-state index is 5.00. The third-order valence-electron chi connectivity index (χ3n) is 2.46. The normalized spacial score (nSPS) is 10.8. The van der Waals surface area contributed by atoms with Crippen molar-refractivity contribution in [1.29, 1.82) is 0 Å². The molecule has 0 amide bonds. The Morgan fingerprint density at radius 2 is 1.29 bits per heavy atom. The minimum Gasteiger partial charge on any atom is -0.384 e. The predicted octanol–water partition coefficient (Wildman–Crippen LogP) is 6.06. The molecule has 17 heavy (non-hydrogen) atoms. The second-order valence-electron chi connectivity index (χ2n) is 4.41. The summed E-state index contributed by atoms with van der Waals surface area (Å²) in [7, 11) is 1.77. The van der Waals surface area contributed by atoms with Crippen LogP contribution >= 0.6 is 15.9 Å². The predicted molar refractivity (Wildman–Crippen MR) is 85.2 cm³/mol. The standard InChI is InChI=1S/C8H18O.C6H14.CH3Br/c1-4-5-6-8(2)7-9-3;1-3-5-6-4-2;1-2/h8H,4-7H2,1-3H3;3-6H2,1-2H3;1H3. The van der Waals surface area contributed by atoms with Gasteiger partial charge in [0.25, 0.3) is 0 Å². The van der Waals surface area contributed by atoms with Gasteiger partial charge in [0, 0.05) is 13.7 Å². The molecule has 108 valence electrons. The first kappa shape index (κ1) is 22.6. The van der Waals surface area contributed by atoms with Gasteiger partial charge in [0.15, 0.2) is 0 Å². The van der Waals surface area contributed by atoms with Crippen molar-refractivity contribution in [1.82, 2.24) is 0 Å².